The summed E-state index contributed by atoms with van der Waals surface area (Å²) < 4.78 is 14.3. The average molecular weight is 376 g/mol. The second-order valence-electron chi connectivity index (χ2n) is 6.45. The monoisotopic (exact) mass is 376 g/mol. The van der Waals surface area contributed by atoms with Gasteiger partial charge in [0, 0.05) is 19.2 Å². The lowest BCUT2D eigenvalue weighted by Crippen LogP contribution is -2.38. The van der Waals surface area contributed by atoms with Gasteiger partial charge in [0.25, 0.3) is 0 Å². The second kappa shape index (κ2) is 5.46. The highest BCUT2D eigenvalue weighted by atomic mass is 127. The third kappa shape index (κ3) is 3.33. The molecule has 0 saturated carbocycles. The van der Waals surface area contributed by atoms with Crippen molar-refractivity contribution in [3.05, 3.63) is 21.5 Å². The fourth-order valence-electron chi connectivity index (χ4n) is 2.81. The summed E-state index contributed by atoms with van der Waals surface area (Å²) in [5.41, 5.74) is 7.92. The van der Waals surface area contributed by atoms with E-state index in [1.165, 1.54) is 0 Å². The number of nitrogens with zero attached hydrogens (tertiary/aromatic N) is 1. The largest absolute Gasteiger partial charge is 0.397 e. The van der Waals surface area contributed by atoms with Gasteiger partial charge in [-0.1, -0.05) is 20.8 Å². The van der Waals surface area contributed by atoms with E-state index >= 15 is 0 Å². The zero-order valence-electron chi connectivity index (χ0n) is 11.8. The Kier molecular flexibility index (Phi) is 4.28. The molecule has 1 fully saturated rings. The van der Waals surface area contributed by atoms with Crippen LogP contribution in [0.3, 0.4) is 0 Å². The molecular formula is C15H22FIN2. The van der Waals surface area contributed by atoms with Crippen molar-refractivity contribution in [2.24, 2.45) is 11.3 Å². The predicted octanol–water partition coefficient (Wildman–Crippen LogP) is 4.28. The normalized spacial score (nSPS) is 17.8. The van der Waals surface area contributed by atoms with Crippen LogP contribution in [-0.2, 0) is 0 Å². The quantitative estimate of drug-likeness (QED) is 0.586. The molecule has 1 aliphatic rings. The molecule has 4 heteroatoms. The van der Waals surface area contributed by atoms with Crippen molar-refractivity contribution in [3.63, 3.8) is 0 Å². The number of nitrogen functional groups attached to an aromatic ring is 1. The molecule has 2 rings (SSSR count). The molecule has 1 heterocycles. The molecule has 0 atom stereocenters. The smallest absolute Gasteiger partial charge is 0.138 e. The first kappa shape index (κ1) is 14.9. The summed E-state index contributed by atoms with van der Waals surface area (Å²) in [6.45, 7) is 8.82. The van der Waals surface area contributed by atoms with Gasteiger partial charge in [-0.25, -0.2) is 4.39 Å². The fourth-order valence-corrected chi connectivity index (χ4v) is 3.30. The van der Waals surface area contributed by atoms with Gasteiger partial charge in [0.15, 0.2) is 0 Å². The Hall–Kier alpha value is -0.520. The zero-order chi connectivity index (χ0) is 14.2. The molecule has 0 amide bonds. The van der Waals surface area contributed by atoms with E-state index in [0.29, 0.717) is 14.7 Å². The Labute approximate surface area is 128 Å². The highest BCUT2D eigenvalue weighted by molar-refractivity contribution is 14.1. The summed E-state index contributed by atoms with van der Waals surface area (Å²) in [4.78, 5) is 2.22. The second-order valence-corrected chi connectivity index (χ2v) is 7.61. The van der Waals surface area contributed by atoms with Gasteiger partial charge in [-0.3, -0.25) is 0 Å². The molecule has 2 nitrogen and oxygen atoms in total. The number of halogens is 2. The first-order valence-corrected chi connectivity index (χ1v) is 7.86. The molecule has 1 saturated heterocycles. The molecule has 0 radical (unpaired) electrons. The van der Waals surface area contributed by atoms with E-state index in [1.807, 2.05) is 22.6 Å². The summed E-state index contributed by atoms with van der Waals surface area (Å²) in [7, 11) is 0. The van der Waals surface area contributed by atoms with Gasteiger partial charge in [0.2, 0.25) is 0 Å². The van der Waals surface area contributed by atoms with Gasteiger partial charge in [0.1, 0.15) is 5.82 Å². The van der Waals surface area contributed by atoms with E-state index < -0.39 is 0 Å². The van der Waals surface area contributed by atoms with E-state index in [4.69, 9.17) is 5.73 Å². The van der Waals surface area contributed by atoms with Crippen LogP contribution in [-0.4, -0.2) is 13.1 Å². The maximum atomic E-state index is 13.7. The van der Waals surface area contributed by atoms with Crippen LogP contribution in [0.2, 0.25) is 0 Å². The van der Waals surface area contributed by atoms with E-state index in [-0.39, 0.29) is 5.82 Å². The Balaban J connectivity index is 2.12. The van der Waals surface area contributed by atoms with Crippen molar-refractivity contribution in [2.75, 3.05) is 23.7 Å². The highest BCUT2D eigenvalue weighted by Crippen LogP contribution is 2.37. The van der Waals surface area contributed by atoms with Gasteiger partial charge < -0.3 is 10.6 Å². The van der Waals surface area contributed by atoms with Gasteiger partial charge >= 0.3 is 0 Å². The zero-order valence-corrected chi connectivity index (χ0v) is 14.0. The third-order valence-electron chi connectivity index (χ3n) is 4.13. The molecule has 0 aliphatic carbocycles. The minimum Gasteiger partial charge on any atom is -0.397 e. The van der Waals surface area contributed by atoms with E-state index in [1.54, 1.807) is 12.1 Å². The average Bonchev–Trinajstić information content (AvgIpc) is 2.33. The van der Waals surface area contributed by atoms with Crippen molar-refractivity contribution in [1.29, 1.82) is 0 Å². The van der Waals surface area contributed by atoms with Crippen molar-refractivity contribution < 1.29 is 4.39 Å². The van der Waals surface area contributed by atoms with Crippen molar-refractivity contribution in [3.8, 4) is 0 Å². The topological polar surface area (TPSA) is 29.3 Å². The van der Waals surface area contributed by atoms with Gasteiger partial charge in [-0.05, 0) is 52.8 Å². The Bertz CT molecular complexity index is 460. The molecule has 0 bridgehead atoms. The van der Waals surface area contributed by atoms with Crippen molar-refractivity contribution >= 4 is 34.0 Å². The lowest BCUT2D eigenvalue weighted by atomic mass is 9.75. The third-order valence-corrected chi connectivity index (χ3v) is 4.96. The lowest BCUT2D eigenvalue weighted by molar-refractivity contribution is 0.199. The van der Waals surface area contributed by atoms with Crippen LogP contribution in [0.4, 0.5) is 15.8 Å². The number of benzene rings is 1. The summed E-state index contributed by atoms with van der Waals surface area (Å²) in [5.74, 6) is 0.557. The van der Waals surface area contributed by atoms with Crippen LogP contribution in [0.25, 0.3) is 0 Å². The van der Waals surface area contributed by atoms with Gasteiger partial charge in [-0.2, -0.15) is 0 Å². The summed E-state index contributed by atoms with van der Waals surface area (Å²) in [6, 6.07) is 3.30. The van der Waals surface area contributed by atoms with Gasteiger partial charge in [-0.15, -0.1) is 0 Å². The van der Waals surface area contributed by atoms with Crippen molar-refractivity contribution in [2.45, 2.75) is 33.6 Å². The molecule has 19 heavy (non-hydrogen) atoms. The number of rotatable bonds is 1. The Morgan fingerprint density at radius 3 is 2.37 bits per heavy atom. The molecule has 0 aromatic heterocycles. The predicted molar refractivity (Wildman–Crippen MR) is 87.9 cm³/mol. The van der Waals surface area contributed by atoms with Crippen LogP contribution in [0, 0.1) is 20.7 Å². The number of hydrogen-bond acceptors (Lipinski definition) is 2. The van der Waals surface area contributed by atoms with Crippen LogP contribution in [0.5, 0.6) is 0 Å². The minimum atomic E-state index is -0.178. The molecule has 106 valence electrons. The molecule has 0 spiro atoms. The number of anilines is 2. The number of hydrogen-bond donors (Lipinski definition) is 1. The standard InChI is InChI=1S/C15H22FIN2/c1-15(2,3)10-4-6-19(7-5-10)14-8-11(16)12(17)9-13(14)18/h8-10H,4-7,18H2,1-3H3. The maximum absolute atomic E-state index is 13.7. The van der Waals surface area contributed by atoms with E-state index in [0.717, 1.165) is 37.5 Å². The van der Waals surface area contributed by atoms with Gasteiger partial charge in [0.05, 0.1) is 14.9 Å². The number of piperidine rings is 1. The van der Waals surface area contributed by atoms with E-state index in [2.05, 4.69) is 25.7 Å². The molecule has 0 unspecified atom stereocenters. The summed E-state index contributed by atoms with van der Waals surface area (Å²) >= 11 is 1.98. The molecule has 1 aromatic rings. The Morgan fingerprint density at radius 2 is 1.84 bits per heavy atom. The summed E-state index contributed by atoms with van der Waals surface area (Å²) in [6.07, 6.45) is 2.30. The molecule has 1 aliphatic heterocycles. The Morgan fingerprint density at radius 1 is 1.26 bits per heavy atom. The first-order valence-electron chi connectivity index (χ1n) is 6.78. The highest BCUT2D eigenvalue weighted by Gasteiger charge is 2.29. The van der Waals surface area contributed by atoms with Crippen LogP contribution in [0.15, 0.2) is 12.1 Å². The first-order chi connectivity index (χ1) is 8.79. The maximum Gasteiger partial charge on any atom is 0.138 e. The fraction of sp³-hybridized carbons (Fsp3) is 0.600. The van der Waals surface area contributed by atoms with E-state index in [9.17, 15) is 4.39 Å². The lowest BCUT2D eigenvalue weighted by Gasteiger charge is -2.40. The van der Waals surface area contributed by atoms with Crippen LogP contribution >= 0.6 is 22.6 Å². The van der Waals surface area contributed by atoms with Crippen LogP contribution in [0.1, 0.15) is 33.6 Å². The SMILES string of the molecule is CC(C)(C)C1CCN(c2cc(F)c(I)cc2N)CC1. The number of nitrogens with two attached hydrogens (primary N) is 1. The molecule has 2 N–H and O–H groups in total. The minimum absolute atomic E-state index is 0.178. The molecule has 1 aromatic carbocycles. The van der Waals surface area contributed by atoms with Crippen LogP contribution < -0.4 is 10.6 Å². The summed E-state index contributed by atoms with van der Waals surface area (Å²) in [5, 5.41) is 0. The molecular weight excluding hydrogens is 354 g/mol. The van der Waals surface area contributed by atoms with Crippen molar-refractivity contribution in [1.82, 2.24) is 0 Å².